The smallest absolute Gasteiger partial charge is 0.147 e. The average Bonchev–Trinajstić information content (AvgIpc) is 2.58. The highest BCUT2D eigenvalue weighted by Gasteiger charge is 2.19. The van der Waals surface area contributed by atoms with Gasteiger partial charge in [0.1, 0.15) is 5.82 Å². The maximum atomic E-state index is 13.7. The summed E-state index contributed by atoms with van der Waals surface area (Å²) in [6, 6.07) is 7.66. The Kier molecular flexibility index (Phi) is 1.83. The van der Waals surface area contributed by atoms with Crippen LogP contribution in [0.4, 0.5) is 4.39 Å². The van der Waals surface area contributed by atoms with Crippen LogP contribution in [0.3, 0.4) is 0 Å². The highest BCUT2D eigenvalue weighted by Crippen LogP contribution is 2.28. The van der Waals surface area contributed by atoms with Gasteiger partial charge in [-0.2, -0.15) is 0 Å². The molecule has 2 heterocycles. The summed E-state index contributed by atoms with van der Waals surface area (Å²) in [6.07, 6.45) is 0. The van der Waals surface area contributed by atoms with E-state index < -0.39 is 0 Å². The molecular formula is C12H13FN2. The van der Waals surface area contributed by atoms with Crippen LogP contribution in [-0.2, 0) is 6.54 Å². The normalized spacial score (nSPS) is 20.5. The van der Waals surface area contributed by atoms with E-state index >= 15 is 0 Å². The van der Waals surface area contributed by atoms with Crippen molar-refractivity contribution in [3.8, 4) is 0 Å². The van der Waals surface area contributed by atoms with Crippen molar-refractivity contribution in [2.45, 2.75) is 19.5 Å². The molecule has 78 valence electrons. The number of hydrogen-bond acceptors (Lipinski definition) is 1. The Morgan fingerprint density at radius 2 is 2.33 bits per heavy atom. The number of benzene rings is 1. The first-order valence-electron chi connectivity index (χ1n) is 5.26. The highest BCUT2D eigenvalue weighted by molar-refractivity contribution is 5.82. The molecule has 2 nitrogen and oxygen atoms in total. The van der Waals surface area contributed by atoms with Crippen molar-refractivity contribution >= 4 is 10.9 Å². The van der Waals surface area contributed by atoms with Crippen LogP contribution >= 0.6 is 0 Å². The summed E-state index contributed by atoms with van der Waals surface area (Å²) in [5, 5.41) is 4.33. The van der Waals surface area contributed by atoms with Crippen molar-refractivity contribution in [1.29, 1.82) is 0 Å². The quantitative estimate of drug-likeness (QED) is 0.697. The van der Waals surface area contributed by atoms with Gasteiger partial charge >= 0.3 is 0 Å². The minimum absolute atomic E-state index is 0.118. The fraction of sp³-hybridized carbons (Fsp3) is 0.333. The van der Waals surface area contributed by atoms with Gasteiger partial charge in [-0.3, -0.25) is 0 Å². The lowest BCUT2D eigenvalue weighted by molar-refractivity contribution is 0.435. The third-order valence-corrected chi connectivity index (χ3v) is 3.08. The molecule has 0 saturated heterocycles. The lowest BCUT2D eigenvalue weighted by Gasteiger charge is -2.24. The minimum atomic E-state index is -0.118. The van der Waals surface area contributed by atoms with E-state index in [0.29, 0.717) is 6.04 Å². The van der Waals surface area contributed by atoms with Crippen LogP contribution in [0.5, 0.6) is 0 Å². The van der Waals surface area contributed by atoms with Crippen LogP contribution < -0.4 is 5.32 Å². The fourth-order valence-electron chi connectivity index (χ4n) is 2.44. The molecular weight excluding hydrogens is 191 g/mol. The van der Waals surface area contributed by atoms with Gasteiger partial charge in [0.05, 0.1) is 5.52 Å². The number of rotatable bonds is 0. The van der Waals surface area contributed by atoms with Crippen molar-refractivity contribution < 1.29 is 4.39 Å². The van der Waals surface area contributed by atoms with Crippen molar-refractivity contribution in [3.63, 3.8) is 0 Å². The molecule has 0 radical (unpaired) electrons. The van der Waals surface area contributed by atoms with Crippen molar-refractivity contribution in [1.82, 2.24) is 9.88 Å². The number of nitrogens with one attached hydrogen (secondary N) is 1. The lowest BCUT2D eigenvalue weighted by Crippen LogP contribution is -2.31. The van der Waals surface area contributed by atoms with Gasteiger partial charge in [0.2, 0.25) is 0 Å². The molecule has 0 spiro atoms. The molecule has 15 heavy (non-hydrogen) atoms. The van der Waals surface area contributed by atoms with Gasteiger partial charge in [-0.1, -0.05) is 12.1 Å². The first kappa shape index (κ1) is 8.92. The van der Waals surface area contributed by atoms with Crippen molar-refractivity contribution in [2.75, 3.05) is 6.54 Å². The van der Waals surface area contributed by atoms with Crippen LogP contribution in [0, 0.1) is 5.82 Å². The third kappa shape index (κ3) is 1.20. The van der Waals surface area contributed by atoms with Crippen LogP contribution in [0.15, 0.2) is 24.3 Å². The van der Waals surface area contributed by atoms with E-state index in [2.05, 4.69) is 22.9 Å². The maximum Gasteiger partial charge on any atom is 0.147 e. The van der Waals surface area contributed by atoms with Gasteiger partial charge in [-0.15, -0.1) is 0 Å². The van der Waals surface area contributed by atoms with E-state index in [1.54, 1.807) is 6.07 Å². The number of fused-ring (bicyclic) bond motifs is 3. The van der Waals surface area contributed by atoms with E-state index in [4.69, 9.17) is 0 Å². The van der Waals surface area contributed by atoms with Crippen LogP contribution in [-0.4, -0.2) is 11.1 Å². The van der Waals surface area contributed by atoms with Gasteiger partial charge in [-0.25, -0.2) is 4.39 Å². The number of para-hydroxylation sites is 1. The predicted octanol–water partition coefficient (Wildman–Crippen LogP) is 2.44. The molecule has 1 aromatic carbocycles. The van der Waals surface area contributed by atoms with Gasteiger partial charge in [0.15, 0.2) is 0 Å². The van der Waals surface area contributed by atoms with Gasteiger partial charge in [-0.05, 0) is 19.1 Å². The van der Waals surface area contributed by atoms with Crippen LogP contribution in [0.1, 0.15) is 18.7 Å². The van der Waals surface area contributed by atoms with Crippen LogP contribution in [0.25, 0.3) is 10.9 Å². The largest absolute Gasteiger partial charge is 0.337 e. The van der Waals surface area contributed by atoms with E-state index in [1.807, 2.05) is 6.07 Å². The summed E-state index contributed by atoms with van der Waals surface area (Å²) in [6.45, 7) is 3.85. The SMILES string of the molecule is C[C@@H]1CNCc2cc3cccc(F)c3n21. The zero-order chi connectivity index (χ0) is 10.4. The van der Waals surface area contributed by atoms with Crippen molar-refractivity contribution in [3.05, 3.63) is 35.8 Å². The summed E-state index contributed by atoms with van der Waals surface area (Å²) in [5.41, 5.74) is 1.93. The standard InChI is InChI=1S/C12H13FN2/c1-8-6-14-7-10-5-9-3-2-4-11(13)12(9)15(8)10/h2-5,8,14H,6-7H2,1H3/t8-/m1/s1. The summed E-state index contributed by atoms with van der Waals surface area (Å²) in [4.78, 5) is 0. The Balaban J connectivity index is 2.38. The van der Waals surface area contributed by atoms with Gasteiger partial charge < -0.3 is 9.88 Å². The van der Waals surface area contributed by atoms with E-state index in [9.17, 15) is 4.39 Å². The zero-order valence-electron chi connectivity index (χ0n) is 8.63. The van der Waals surface area contributed by atoms with E-state index in [-0.39, 0.29) is 5.82 Å². The number of nitrogens with zero attached hydrogens (tertiary/aromatic N) is 1. The molecule has 1 aliphatic rings. The predicted molar refractivity (Wildman–Crippen MR) is 58.3 cm³/mol. The molecule has 2 aromatic rings. The average molecular weight is 204 g/mol. The lowest BCUT2D eigenvalue weighted by atomic mass is 10.2. The molecule has 1 aliphatic heterocycles. The molecule has 0 saturated carbocycles. The molecule has 0 amide bonds. The van der Waals surface area contributed by atoms with E-state index in [0.717, 1.165) is 24.0 Å². The summed E-state index contributed by atoms with van der Waals surface area (Å²) >= 11 is 0. The Morgan fingerprint density at radius 3 is 3.20 bits per heavy atom. The molecule has 1 aromatic heterocycles. The molecule has 3 heteroatoms. The first-order valence-corrected chi connectivity index (χ1v) is 5.26. The molecule has 0 fully saturated rings. The first-order chi connectivity index (χ1) is 7.27. The molecule has 0 aliphatic carbocycles. The minimum Gasteiger partial charge on any atom is -0.337 e. The zero-order valence-corrected chi connectivity index (χ0v) is 8.63. The Bertz CT molecular complexity index is 516. The van der Waals surface area contributed by atoms with Gasteiger partial charge in [0, 0.05) is 30.2 Å². The number of aromatic nitrogens is 1. The molecule has 0 unspecified atom stereocenters. The topological polar surface area (TPSA) is 17.0 Å². The fourth-order valence-corrected chi connectivity index (χ4v) is 2.44. The van der Waals surface area contributed by atoms with E-state index in [1.165, 1.54) is 11.8 Å². The molecule has 1 N–H and O–H groups in total. The Labute approximate surface area is 87.7 Å². The second kappa shape index (κ2) is 3.07. The molecule has 1 atom stereocenters. The second-order valence-corrected chi connectivity index (χ2v) is 4.16. The Morgan fingerprint density at radius 1 is 1.47 bits per heavy atom. The second-order valence-electron chi connectivity index (χ2n) is 4.16. The monoisotopic (exact) mass is 204 g/mol. The summed E-state index contributed by atoms with van der Waals surface area (Å²) < 4.78 is 15.9. The summed E-state index contributed by atoms with van der Waals surface area (Å²) in [7, 11) is 0. The van der Waals surface area contributed by atoms with Crippen molar-refractivity contribution in [2.24, 2.45) is 0 Å². The molecule has 3 rings (SSSR count). The number of hydrogen-bond donors (Lipinski definition) is 1. The summed E-state index contributed by atoms with van der Waals surface area (Å²) in [5.74, 6) is -0.118. The van der Waals surface area contributed by atoms with Gasteiger partial charge in [0.25, 0.3) is 0 Å². The Hall–Kier alpha value is -1.35. The third-order valence-electron chi connectivity index (χ3n) is 3.08. The maximum absolute atomic E-state index is 13.7. The highest BCUT2D eigenvalue weighted by atomic mass is 19.1. The number of halogens is 1. The van der Waals surface area contributed by atoms with Crippen LogP contribution in [0.2, 0.25) is 0 Å². The molecule has 0 bridgehead atoms.